The monoisotopic (exact) mass is 235 g/mol. The van der Waals surface area contributed by atoms with Gasteiger partial charge in [0.1, 0.15) is 18.0 Å². The first-order valence-electron chi connectivity index (χ1n) is 6.32. The molecule has 0 atom stereocenters. The fourth-order valence-corrected chi connectivity index (χ4v) is 2.00. The first-order valence-corrected chi connectivity index (χ1v) is 6.32. The number of hydrogen-bond acceptors (Lipinski definition) is 4. The molecule has 1 aromatic rings. The zero-order chi connectivity index (χ0) is 12.3. The predicted molar refractivity (Wildman–Crippen MR) is 65.8 cm³/mol. The van der Waals surface area contributed by atoms with Gasteiger partial charge in [-0.3, -0.25) is 0 Å². The molecule has 0 unspecified atom stereocenters. The van der Waals surface area contributed by atoms with Gasteiger partial charge in [0.15, 0.2) is 0 Å². The number of ether oxygens (including phenoxy) is 1. The lowest BCUT2D eigenvalue weighted by Crippen LogP contribution is -2.21. The molecule has 0 amide bonds. The van der Waals surface area contributed by atoms with Gasteiger partial charge in [0.05, 0.1) is 0 Å². The van der Waals surface area contributed by atoms with Crippen LogP contribution in [0.1, 0.15) is 45.3 Å². The highest BCUT2D eigenvalue weighted by molar-refractivity contribution is 5.02. The molecule has 4 nitrogen and oxygen atoms in total. The van der Waals surface area contributed by atoms with Crippen molar-refractivity contribution in [3.8, 4) is 0 Å². The Morgan fingerprint density at radius 1 is 1.24 bits per heavy atom. The van der Waals surface area contributed by atoms with Gasteiger partial charge in [-0.25, -0.2) is 15.0 Å². The Bertz CT molecular complexity index is 367. The molecule has 17 heavy (non-hydrogen) atoms. The summed E-state index contributed by atoms with van der Waals surface area (Å²) in [5, 5.41) is 0. The molecule has 1 aliphatic rings. The maximum absolute atomic E-state index is 5.36. The van der Waals surface area contributed by atoms with Crippen molar-refractivity contribution in [2.45, 2.75) is 45.4 Å². The van der Waals surface area contributed by atoms with Crippen LogP contribution in [-0.2, 0) is 16.6 Å². The summed E-state index contributed by atoms with van der Waals surface area (Å²) in [6, 6.07) is 0. The lowest BCUT2D eigenvalue weighted by Gasteiger charge is -2.22. The minimum atomic E-state index is -0.00658. The Kier molecular flexibility index (Phi) is 3.72. The van der Waals surface area contributed by atoms with Gasteiger partial charge in [-0.05, 0) is 18.8 Å². The van der Waals surface area contributed by atoms with Crippen molar-refractivity contribution in [2.75, 3.05) is 13.2 Å². The molecule has 0 spiro atoms. The minimum absolute atomic E-state index is 0.00658. The summed E-state index contributed by atoms with van der Waals surface area (Å²) in [6.07, 6.45) is 4.84. The second kappa shape index (κ2) is 5.08. The fourth-order valence-electron chi connectivity index (χ4n) is 2.00. The van der Waals surface area contributed by atoms with Crippen molar-refractivity contribution >= 4 is 0 Å². The molecule has 2 heterocycles. The van der Waals surface area contributed by atoms with Crippen LogP contribution in [0.2, 0.25) is 0 Å². The summed E-state index contributed by atoms with van der Waals surface area (Å²) >= 11 is 0. The lowest BCUT2D eigenvalue weighted by molar-refractivity contribution is 0.0659. The second-order valence-corrected chi connectivity index (χ2v) is 5.74. The van der Waals surface area contributed by atoms with E-state index in [1.165, 1.54) is 0 Å². The van der Waals surface area contributed by atoms with Crippen LogP contribution in [0.4, 0.5) is 0 Å². The van der Waals surface area contributed by atoms with Gasteiger partial charge in [-0.15, -0.1) is 0 Å². The average Bonchev–Trinajstić information content (AvgIpc) is 2.29. The third kappa shape index (κ3) is 3.46. The first-order chi connectivity index (χ1) is 8.05. The highest BCUT2D eigenvalue weighted by atomic mass is 16.5. The van der Waals surface area contributed by atoms with Crippen LogP contribution in [-0.4, -0.2) is 28.2 Å². The fraction of sp³-hybridized carbons (Fsp3) is 0.769. The first kappa shape index (κ1) is 12.4. The topological polar surface area (TPSA) is 47.9 Å². The van der Waals surface area contributed by atoms with Gasteiger partial charge in [-0.2, -0.15) is 0 Å². The molecule has 0 aromatic carbocycles. The van der Waals surface area contributed by atoms with Crippen molar-refractivity contribution in [3.05, 3.63) is 18.0 Å². The Morgan fingerprint density at radius 2 is 1.94 bits per heavy atom. The van der Waals surface area contributed by atoms with E-state index in [4.69, 9.17) is 4.74 Å². The van der Waals surface area contributed by atoms with Crippen molar-refractivity contribution in [1.82, 2.24) is 15.0 Å². The average molecular weight is 235 g/mol. The lowest BCUT2D eigenvalue weighted by atomic mass is 9.94. The van der Waals surface area contributed by atoms with Gasteiger partial charge in [0.25, 0.3) is 0 Å². The molecular weight excluding hydrogens is 214 g/mol. The Morgan fingerprint density at radius 3 is 2.59 bits per heavy atom. The van der Waals surface area contributed by atoms with Crippen LogP contribution in [0.25, 0.3) is 0 Å². The number of aromatic nitrogens is 3. The summed E-state index contributed by atoms with van der Waals surface area (Å²) in [7, 11) is 0. The molecule has 0 bridgehead atoms. The predicted octanol–water partition coefficient (Wildman–Crippen LogP) is 2.14. The quantitative estimate of drug-likeness (QED) is 0.788. The van der Waals surface area contributed by atoms with Crippen molar-refractivity contribution < 1.29 is 4.74 Å². The molecule has 94 valence electrons. The molecule has 0 aliphatic carbocycles. The summed E-state index contributed by atoms with van der Waals surface area (Å²) in [4.78, 5) is 13.1. The van der Waals surface area contributed by atoms with E-state index in [0.29, 0.717) is 5.92 Å². The van der Waals surface area contributed by atoms with Crippen LogP contribution in [0.15, 0.2) is 6.33 Å². The van der Waals surface area contributed by atoms with Gasteiger partial charge < -0.3 is 4.74 Å². The minimum Gasteiger partial charge on any atom is -0.381 e. The van der Waals surface area contributed by atoms with Crippen LogP contribution in [0.3, 0.4) is 0 Å². The molecule has 1 saturated heterocycles. The smallest absolute Gasteiger partial charge is 0.137 e. The number of rotatable bonds is 2. The van der Waals surface area contributed by atoms with Crippen LogP contribution < -0.4 is 0 Å². The van der Waals surface area contributed by atoms with Crippen molar-refractivity contribution in [2.24, 2.45) is 5.92 Å². The third-order valence-electron chi connectivity index (χ3n) is 3.10. The molecule has 0 N–H and O–H groups in total. The number of hydrogen-bond donors (Lipinski definition) is 0. The highest BCUT2D eigenvalue weighted by Crippen LogP contribution is 2.20. The molecule has 1 aliphatic heterocycles. The van der Waals surface area contributed by atoms with E-state index in [-0.39, 0.29) is 5.41 Å². The molecule has 0 radical (unpaired) electrons. The maximum atomic E-state index is 5.36. The van der Waals surface area contributed by atoms with Crippen LogP contribution >= 0.6 is 0 Å². The maximum Gasteiger partial charge on any atom is 0.137 e. The Balaban J connectivity index is 2.05. The largest absolute Gasteiger partial charge is 0.381 e. The van der Waals surface area contributed by atoms with Crippen LogP contribution in [0, 0.1) is 5.92 Å². The zero-order valence-corrected chi connectivity index (χ0v) is 10.9. The summed E-state index contributed by atoms with van der Waals surface area (Å²) in [6.45, 7) is 8.13. The van der Waals surface area contributed by atoms with E-state index >= 15 is 0 Å². The van der Waals surface area contributed by atoms with E-state index in [9.17, 15) is 0 Å². The Labute approximate surface area is 103 Å². The SMILES string of the molecule is CC(C)(C)c1ncnc(CC2CCOCC2)n1. The molecular formula is C13H21N3O. The van der Waals surface area contributed by atoms with E-state index < -0.39 is 0 Å². The summed E-state index contributed by atoms with van der Waals surface area (Å²) < 4.78 is 5.36. The van der Waals surface area contributed by atoms with Gasteiger partial charge in [0.2, 0.25) is 0 Å². The molecule has 0 saturated carbocycles. The molecule has 1 fully saturated rings. The van der Waals surface area contributed by atoms with Crippen LogP contribution in [0.5, 0.6) is 0 Å². The van der Waals surface area contributed by atoms with E-state index in [0.717, 1.165) is 44.1 Å². The molecule has 1 aromatic heterocycles. The third-order valence-corrected chi connectivity index (χ3v) is 3.10. The zero-order valence-electron chi connectivity index (χ0n) is 10.9. The van der Waals surface area contributed by atoms with E-state index in [1.807, 2.05) is 0 Å². The van der Waals surface area contributed by atoms with Gasteiger partial charge in [0, 0.05) is 25.0 Å². The highest BCUT2D eigenvalue weighted by Gasteiger charge is 2.20. The van der Waals surface area contributed by atoms with Gasteiger partial charge >= 0.3 is 0 Å². The molecule has 2 rings (SSSR count). The normalized spacial score (nSPS) is 18.3. The van der Waals surface area contributed by atoms with E-state index in [2.05, 4.69) is 35.7 Å². The summed E-state index contributed by atoms with van der Waals surface area (Å²) in [5.41, 5.74) is -0.00658. The van der Waals surface area contributed by atoms with E-state index in [1.54, 1.807) is 6.33 Å². The van der Waals surface area contributed by atoms with Gasteiger partial charge in [-0.1, -0.05) is 20.8 Å². The van der Waals surface area contributed by atoms with Crippen molar-refractivity contribution in [1.29, 1.82) is 0 Å². The standard InChI is InChI=1S/C13H21N3O/c1-13(2,3)12-15-9-14-11(16-12)8-10-4-6-17-7-5-10/h9-10H,4-8H2,1-3H3. The second-order valence-electron chi connectivity index (χ2n) is 5.74. The summed E-state index contributed by atoms with van der Waals surface area (Å²) in [5.74, 6) is 2.48. The Hall–Kier alpha value is -1.03. The number of nitrogens with zero attached hydrogens (tertiary/aromatic N) is 3. The molecule has 4 heteroatoms. The van der Waals surface area contributed by atoms with Crippen molar-refractivity contribution in [3.63, 3.8) is 0 Å².